The minimum absolute atomic E-state index is 0.293. The number of carbonyl (C=O) groups is 1. The SMILES string of the molecule is C=CC(=O)Nc1cccc(Oc2cnc3[nH]cc(-c4cnn(Cc5ccccc5)c4)c3n2)c1. The van der Waals surface area contributed by atoms with Crippen LogP contribution in [0.15, 0.2) is 92.0 Å². The number of aromatic amines is 1. The van der Waals surface area contributed by atoms with Crippen molar-refractivity contribution in [3.63, 3.8) is 0 Å². The lowest BCUT2D eigenvalue weighted by Crippen LogP contribution is -2.07. The van der Waals surface area contributed by atoms with Crippen LogP contribution in [0.5, 0.6) is 11.6 Å². The highest BCUT2D eigenvalue weighted by atomic mass is 16.5. The molecule has 2 N–H and O–H groups in total. The maximum Gasteiger partial charge on any atom is 0.247 e. The van der Waals surface area contributed by atoms with Gasteiger partial charge in [0.1, 0.15) is 11.3 Å². The Bertz CT molecular complexity index is 1440. The predicted octanol–water partition coefficient (Wildman–Crippen LogP) is 4.79. The van der Waals surface area contributed by atoms with E-state index in [1.165, 1.54) is 11.6 Å². The summed E-state index contributed by atoms with van der Waals surface area (Å²) >= 11 is 0. The quantitative estimate of drug-likeness (QED) is 0.358. The molecule has 0 bridgehead atoms. The second kappa shape index (κ2) is 8.80. The zero-order valence-corrected chi connectivity index (χ0v) is 17.6. The lowest BCUT2D eigenvalue weighted by atomic mass is 10.2. The molecule has 0 aliphatic rings. The predicted molar refractivity (Wildman–Crippen MR) is 126 cm³/mol. The summed E-state index contributed by atoms with van der Waals surface area (Å²) < 4.78 is 7.79. The normalized spacial score (nSPS) is 10.8. The maximum absolute atomic E-state index is 11.5. The molecule has 0 saturated heterocycles. The fourth-order valence-corrected chi connectivity index (χ4v) is 3.46. The van der Waals surface area contributed by atoms with E-state index in [1.807, 2.05) is 41.5 Å². The van der Waals surface area contributed by atoms with Gasteiger partial charge in [0.2, 0.25) is 11.8 Å². The first kappa shape index (κ1) is 20.2. The summed E-state index contributed by atoms with van der Waals surface area (Å²) in [5.41, 5.74) is 4.92. The first-order valence-corrected chi connectivity index (χ1v) is 10.3. The van der Waals surface area contributed by atoms with Gasteiger partial charge in [0.15, 0.2) is 5.65 Å². The molecule has 0 spiro atoms. The molecule has 3 aromatic heterocycles. The summed E-state index contributed by atoms with van der Waals surface area (Å²) in [5.74, 6) is 0.573. The number of H-pyrrole nitrogens is 1. The number of benzene rings is 2. The van der Waals surface area contributed by atoms with Gasteiger partial charge in [-0.15, -0.1) is 0 Å². The molecular weight excluding hydrogens is 416 g/mol. The average Bonchev–Trinajstić information content (AvgIpc) is 3.46. The van der Waals surface area contributed by atoms with E-state index < -0.39 is 0 Å². The lowest BCUT2D eigenvalue weighted by molar-refractivity contribution is -0.111. The van der Waals surface area contributed by atoms with Crippen LogP contribution >= 0.6 is 0 Å². The zero-order valence-electron chi connectivity index (χ0n) is 17.6. The fraction of sp³-hybridized carbons (Fsp3) is 0.0400. The number of ether oxygens (including phenoxy) is 1. The van der Waals surface area contributed by atoms with E-state index in [2.05, 4.69) is 44.1 Å². The highest BCUT2D eigenvalue weighted by Crippen LogP contribution is 2.29. The van der Waals surface area contributed by atoms with E-state index in [4.69, 9.17) is 4.74 Å². The monoisotopic (exact) mass is 436 g/mol. The first-order chi connectivity index (χ1) is 16.2. The first-order valence-electron chi connectivity index (χ1n) is 10.3. The molecule has 0 atom stereocenters. The van der Waals surface area contributed by atoms with Gasteiger partial charge in [-0.2, -0.15) is 5.10 Å². The van der Waals surface area contributed by atoms with Crippen LogP contribution in [0.25, 0.3) is 22.3 Å². The molecule has 0 fully saturated rings. The number of hydrogen-bond acceptors (Lipinski definition) is 5. The van der Waals surface area contributed by atoms with E-state index in [9.17, 15) is 4.79 Å². The van der Waals surface area contributed by atoms with Gasteiger partial charge in [-0.05, 0) is 23.8 Å². The van der Waals surface area contributed by atoms with Crippen molar-refractivity contribution in [2.24, 2.45) is 0 Å². The van der Waals surface area contributed by atoms with Gasteiger partial charge in [0.25, 0.3) is 0 Å². The van der Waals surface area contributed by atoms with Gasteiger partial charge in [0.05, 0.1) is 18.9 Å². The van der Waals surface area contributed by atoms with E-state index in [1.54, 1.807) is 30.5 Å². The molecule has 33 heavy (non-hydrogen) atoms. The van der Waals surface area contributed by atoms with Crippen molar-refractivity contribution in [3.05, 3.63) is 97.6 Å². The molecule has 5 aromatic rings. The van der Waals surface area contributed by atoms with Crippen molar-refractivity contribution < 1.29 is 9.53 Å². The lowest BCUT2D eigenvalue weighted by Gasteiger charge is -2.07. The number of amides is 1. The van der Waals surface area contributed by atoms with Crippen molar-refractivity contribution in [2.45, 2.75) is 6.54 Å². The number of nitrogens with one attached hydrogen (secondary N) is 2. The van der Waals surface area contributed by atoms with Gasteiger partial charge < -0.3 is 15.0 Å². The molecular formula is C25H20N6O2. The standard InChI is InChI=1S/C25H20N6O2/c1-2-22(32)29-19-9-6-10-20(11-19)33-23-14-27-25-24(30-23)21(13-26-25)18-12-28-31(16-18)15-17-7-4-3-5-8-17/h2-14,16H,1,15H2,(H,26,27)(H,29,32). The summed E-state index contributed by atoms with van der Waals surface area (Å²) in [6.45, 7) is 4.14. The number of nitrogens with zero attached hydrogens (tertiary/aromatic N) is 4. The van der Waals surface area contributed by atoms with Crippen molar-refractivity contribution in [2.75, 3.05) is 5.32 Å². The van der Waals surface area contributed by atoms with Crippen molar-refractivity contribution in [1.29, 1.82) is 0 Å². The second-order valence-electron chi connectivity index (χ2n) is 7.34. The van der Waals surface area contributed by atoms with Crippen LogP contribution in [0, 0.1) is 0 Å². The number of fused-ring (bicyclic) bond motifs is 1. The minimum Gasteiger partial charge on any atom is -0.437 e. The molecule has 0 aliphatic carbocycles. The molecule has 0 unspecified atom stereocenters. The highest BCUT2D eigenvalue weighted by molar-refractivity contribution is 5.99. The molecule has 0 radical (unpaired) electrons. The number of hydrogen-bond donors (Lipinski definition) is 2. The van der Waals surface area contributed by atoms with E-state index in [0.29, 0.717) is 35.0 Å². The number of carbonyl (C=O) groups excluding carboxylic acids is 1. The van der Waals surface area contributed by atoms with Gasteiger partial charge >= 0.3 is 0 Å². The number of aromatic nitrogens is 5. The van der Waals surface area contributed by atoms with Crippen LogP contribution in [0.4, 0.5) is 5.69 Å². The Kier molecular flexibility index (Phi) is 5.38. The minimum atomic E-state index is -0.293. The Morgan fingerprint density at radius 2 is 2.03 bits per heavy atom. The van der Waals surface area contributed by atoms with Gasteiger partial charge in [-0.3, -0.25) is 9.48 Å². The Morgan fingerprint density at radius 1 is 1.15 bits per heavy atom. The summed E-state index contributed by atoms with van der Waals surface area (Å²) in [5, 5.41) is 7.19. The van der Waals surface area contributed by atoms with Crippen molar-refractivity contribution >= 4 is 22.8 Å². The van der Waals surface area contributed by atoms with Crippen molar-refractivity contribution in [3.8, 4) is 22.8 Å². The topological polar surface area (TPSA) is 97.7 Å². The Morgan fingerprint density at radius 3 is 2.88 bits per heavy atom. The number of rotatable bonds is 7. The van der Waals surface area contributed by atoms with E-state index >= 15 is 0 Å². The zero-order chi connectivity index (χ0) is 22.6. The van der Waals surface area contributed by atoms with Crippen LogP contribution < -0.4 is 10.1 Å². The molecule has 1 amide bonds. The average molecular weight is 436 g/mol. The second-order valence-corrected chi connectivity index (χ2v) is 7.34. The van der Waals surface area contributed by atoms with E-state index in [-0.39, 0.29) is 5.91 Å². The van der Waals surface area contributed by atoms with Crippen LogP contribution in [0.1, 0.15) is 5.56 Å². The molecule has 8 nitrogen and oxygen atoms in total. The summed E-state index contributed by atoms with van der Waals surface area (Å²) in [4.78, 5) is 23.8. The van der Waals surface area contributed by atoms with Crippen LogP contribution in [-0.2, 0) is 11.3 Å². The third-order valence-electron chi connectivity index (χ3n) is 5.00. The van der Waals surface area contributed by atoms with Crippen LogP contribution in [0.2, 0.25) is 0 Å². The third kappa shape index (κ3) is 4.49. The fourth-order valence-electron chi connectivity index (χ4n) is 3.46. The largest absolute Gasteiger partial charge is 0.437 e. The molecule has 0 saturated carbocycles. The van der Waals surface area contributed by atoms with Crippen LogP contribution in [0.3, 0.4) is 0 Å². The molecule has 162 valence electrons. The smallest absolute Gasteiger partial charge is 0.247 e. The summed E-state index contributed by atoms with van der Waals surface area (Å²) in [6, 6.07) is 17.2. The van der Waals surface area contributed by atoms with Crippen molar-refractivity contribution in [1.82, 2.24) is 24.7 Å². The van der Waals surface area contributed by atoms with Gasteiger partial charge in [-0.25, -0.2) is 9.97 Å². The van der Waals surface area contributed by atoms with E-state index in [0.717, 1.165) is 11.1 Å². The molecule has 8 heteroatoms. The molecule has 5 rings (SSSR count). The summed E-state index contributed by atoms with van der Waals surface area (Å²) in [7, 11) is 0. The third-order valence-corrected chi connectivity index (χ3v) is 5.00. The number of anilines is 1. The Labute approximate surface area is 189 Å². The molecule has 0 aliphatic heterocycles. The summed E-state index contributed by atoms with van der Waals surface area (Å²) in [6.07, 6.45) is 8.42. The Hall–Kier alpha value is -4.72. The van der Waals surface area contributed by atoms with Crippen LogP contribution in [-0.4, -0.2) is 30.6 Å². The molecule has 2 aromatic carbocycles. The molecule has 3 heterocycles. The van der Waals surface area contributed by atoms with Gasteiger partial charge in [0, 0.05) is 35.3 Å². The maximum atomic E-state index is 11.5. The van der Waals surface area contributed by atoms with Gasteiger partial charge in [-0.1, -0.05) is 43.0 Å². The Balaban J connectivity index is 1.39. The highest BCUT2D eigenvalue weighted by Gasteiger charge is 2.13.